The van der Waals surface area contributed by atoms with Crippen LogP contribution in [0.25, 0.3) is 82.9 Å². The molecule has 0 spiro atoms. The number of benzene rings is 6. The van der Waals surface area contributed by atoms with Crippen LogP contribution in [0.5, 0.6) is 0 Å². The molecule has 3 heterocycles. The Balaban J connectivity index is 0.00000400. The van der Waals surface area contributed by atoms with Gasteiger partial charge in [-0.15, -0.1) is 28.2 Å². The van der Waals surface area contributed by atoms with Crippen LogP contribution in [-0.2, 0) is 33.2 Å². The maximum absolute atomic E-state index is 5.46. The van der Waals surface area contributed by atoms with Crippen molar-refractivity contribution in [2.24, 2.45) is 0 Å². The van der Waals surface area contributed by atoms with Crippen molar-refractivity contribution in [2.45, 2.75) is 52.4 Å². The molecule has 0 N–H and O–H groups in total. The molecule has 6 aromatic carbocycles. The zero-order valence-electron chi connectivity index (χ0n) is 30.8. The number of hydrogen-bond acceptors (Lipinski definition) is 1. The molecule has 0 saturated carbocycles. The van der Waals surface area contributed by atoms with Crippen molar-refractivity contribution in [2.75, 3.05) is 0 Å². The number of para-hydroxylation sites is 3. The Labute approximate surface area is 327 Å². The molecule has 4 heteroatoms. The van der Waals surface area contributed by atoms with Gasteiger partial charge < -0.3 is 9.55 Å². The van der Waals surface area contributed by atoms with Crippen molar-refractivity contribution in [3.8, 4) is 39.2 Å². The molecule has 3 aromatic heterocycles. The second-order valence-corrected chi connectivity index (χ2v) is 16.0. The van der Waals surface area contributed by atoms with Crippen molar-refractivity contribution in [1.82, 2.24) is 14.5 Å². The van der Waals surface area contributed by atoms with Crippen molar-refractivity contribution < 1.29 is 22.4 Å². The van der Waals surface area contributed by atoms with Gasteiger partial charge in [-0.3, -0.25) is 0 Å². The minimum Gasteiger partial charge on any atom is -0.656 e. The molecule has 0 aliphatic rings. The van der Waals surface area contributed by atoms with Gasteiger partial charge in [0.25, 0.3) is 0 Å². The van der Waals surface area contributed by atoms with Gasteiger partial charge in [0.2, 0.25) is 0 Å². The molecule has 0 saturated heterocycles. The first kappa shape index (κ1) is 34.9. The molecule has 0 bridgehead atoms. The predicted octanol–water partition coefficient (Wildman–Crippen LogP) is 12.6. The largest absolute Gasteiger partial charge is 3.00 e. The molecular weight excluding hydrogens is 828 g/mol. The van der Waals surface area contributed by atoms with Crippen molar-refractivity contribution >= 4 is 43.7 Å². The standard InChI is InChI=1S/C49H40N3.Au/c1-48(2,3)35-22-18-31(19-23-35)33-28-34(32-20-24-36(25-21-32)49(4,5)6)30-37(29-33)52-45-17-10-8-13-39(45)41-26-27-44(51-47(41)52)42-15-11-14-40-38-12-7-9-16-43(38)50-46(40)42;/h7-20,22-29H,1-6H3;/q-3;+3. The number of nitrogens with zero attached hydrogens (tertiary/aromatic N) is 3. The Hall–Kier alpha value is -5.19. The molecule has 262 valence electrons. The van der Waals surface area contributed by atoms with Crippen LogP contribution in [0.2, 0.25) is 0 Å². The third-order valence-electron chi connectivity index (χ3n) is 10.4. The SMILES string of the molecule is CC(C)(C)c1c[c-]c(-c2[c-]c(-n3c4ccccc4c4ccc(-c5cccc6c5[n-]c5ccccc56)nc43)cc(-c3ccc(C(C)(C)C)cc3)c2)cc1.[Au+3]. The van der Waals surface area contributed by atoms with E-state index in [1.54, 1.807) is 0 Å². The van der Waals surface area contributed by atoms with Crippen LogP contribution in [0, 0.1) is 12.1 Å². The zero-order chi connectivity index (χ0) is 35.8. The summed E-state index contributed by atoms with van der Waals surface area (Å²) in [5.41, 5.74) is 13.8. The second-order valence-electron chi connectivity index (χ2n) is 16.0. The summed E-state index contributed by atoms with van der Waals surface area (Å²) < 4.78 is 2.28. The Kier molecular flexibility index (Phi) is 8.58. The molecule has 9 rings (SSSR count). The third-order valence-corrected chi connectivity index (χ3v) is 10.4. The number of fused-ring (bicyclic) bond motifs is 6. The van der Waals surface area contributed by atoms with Crippen LogP contribution in [0.15, 0.2) is 133 Å². The Morgan fingerprint density at radius 1 is 0.585 bits per heavy atom. The Morgan fingerprint density at radius 2 is 1.28 bits per heavy atom. The summed E-state index contributed by atoms with van der Waals surface area (Å²) in [6, 6.07) is 55.2. The van der Waals surface area contributed by atoms with Gasteiger partial charge >= 0.3 is 22.4 Å². The first-order valence-electron chi connectivity index (χ1n) is 18.1. The van der Waals surface area contributed by atoms with Gasteiger partial charge in [-0.1, -0.05) is 126 Å². The average molecular weight is 868 g/mol. The molecule has 0 amide bonds. The van der Waals surface area contributed by atoms with E-state index in [4.69, 9.17) is 9.97 Å². The van der Waals surface area contributed by atoms with Gasteiger partial charge in [0.05, 0.1) is 11.2 Å². The summed E-state index contributed by atoms with van der Waals surface area (Å²) >= 11 is 0. The van der Waals surface area contributed by atoms with E-state index < -0.39 is 0 Å². The van der Waals surface area contributed by atoms with Gasteiger partial charge in [0.1, 0.15) is 5.65 Å². The third kappa shape index (κ3) is 6.13. The van der Waals surface area contributed by atoms with Crippen LogP contribution < -0.4 is 4.98 Å². The molecule has 0 fully saturated rings. The quantitative estimate of drug-likeness (QED) is 0.130. The fraction of sp³-hybridized carbons (Fsp3) is 0.163. The number of pyridine rings is 1. The molecule has 3 nitrogen and oxygen atoms in total. The minimum atomic E-state index is 0. The topological polar surface area (TPSA) is 31.9 Å². The fourth-order valence-electron chi connectivity index (χ4n) is 7.45. The van der Waals surface area contributed by atoms with Crippen molar-refractivity contribution in [3.63, 3.8) is 0 Å². The number of aromatic nitrogens is 3. The zero-order valence-corrected chi connectivity index (χ0v) is 33.0. The first-order chi connectivity index (χ1) is 25.0. The van der Waals surface area contributed by atoms with E-state index in [2.05, 4.69) is 186 Å². The van der Waals surface area contributed by atoms with E-state index >= 15 is 0 Å². The molecule has 0 radical (unpaired) electrons. The van der Waals surface area contributed by atoms with Gasteiger partial charge in [-0.05, 0) is 62.2 Å². The molecule has 0 unspecified atom stereocenters. The van der Waals surface area contributed by atoms with E-state index in [9.17, 15) is 0 Å². The monoisotopic (exact) mass is 867 g/mol. The van der Waals surface area contributed by atoms with Gasteiger partial charge in [0, 0.05) is 10.8 Å². The summed E-state index contributed by atoms with van der Waals surface area (Å²) in [5, 5.41) is 4.56. The van der Waals surface area contributed by atoms with Crippen LogP contribution in [-0.4, -0.2) is 9.55 Å². The number of rotatable bonds is 4. The Morgan fingerprint density at radius 3 is 2.02 bits per heavy atom. The average Bonchev–Trinajstić information content (AvgIpc) is 3.70. The van der Waals surface area contributed by atoms with E-state index in [-0.39, 0.29) is 33.2 Å². The second kappa shape index (κ2) is 13.0. The minimum absolute atomic E-state index is 0. The van der Waals surface area contributed by atoms with Gasteiger partial charge in [0.15, 0.2) is 0 Å². The van der Waals surface area contributed by atoms with Gasteiger partial charge in [-0.25, -0.2) is 16.1 Å². The molecule has 53 heavy (non-hydrogen) atoms. The van der Waals surface area contributed by atoms with Crippen LogP contribution in [0.4, 0.5) is 0 Å². The molecule has 9 aromatic rings. The summed E-state index contributed by atoms with van der Waals surface area (Å²) in [4.78, 5) is 10.5. The smallest absolute Gasteiger partial charge is 0.656 e. The van der Waals surface area contributed by atoms with E-state index in [1.807, 2.05) is 6.07 Å². The fourth-order valence-corrected chi connectivity index (χ4v) is 7.45. The normalized spacial score (nSPS) is 12.2. The van der Waals surface area contributed by atoms with Crippen molar-refractivity contribution in [3.05, 3.63) is 157 Å². The van der Waals surface area contributed by atoms with Crippen LogP contribution >= 0.6 is 0 Å². The molecule has 0 aliphatic heterocycles. The molecular formula is C49H40AuN3. The summed E-state index contributed by atoms with van der Waals surface area (Å²) in [6.45, 7) is 13.5. The first-order valence-corrected chi connectivity index (χ1v) is 18.1. The summed E-state index contributed by atoms with van der Waals surface area (Å²) in [7, 11) is 0. The summed E-state index contributed by atoms with van der Waals surface area (Å²) in [6.07, 6.45) is 0. The maximum Gasteiger partial charge on any atom is 3.00 e. The number of hydrogen-bond donors (Lipinski definition) is 0. The van der Waals surface area contributed by atoms with E-state index in [1.165, 1.54) is 11.1 Å². The van der Waals surface area contributed by atoms with E-state index in [0.717, 1.165) is 82.9 Å². The molecule has 0 atom stereocenters. The predicted molar refractivity (Wildman–Crippen MR) is 218 cm³/mol. The maximum atomic E-state index is 5.46. The summed E-state index contributed by atoms with van der Waals surface area (Å²) in [5.74, 6) is 0. The van der Waals surface area contributed by atoms with Crippen LogP contribution in [0.1, 0.15) is 52.7 Å². The van der Waals surface area contributed by atoms with Gasteiger partial charge in [-0.2, -0.15) is 36.4 Å². The van der Waals surface area contributed by atoms with E-state index in [0.29, 0.717) is 0 Å². The molecule has 0 aliphatic carbocycles. The van der Waals surface area contributed by atoms with Crippen molar-refractivity contribution in [1.29, 1.82) is 0 Å². The Bertz CT molecular complexity index is 2710. The van der Waals surface area contributed by atoms with Crippen LogP contribution in [0.3, 0.4) is 0 Å².